The van der Waals surface area contributed by atoms with Crippen LogP contribution >= 0.6 is 0 Å². The van der Waals surface area contributed by atoms with Crippen molar-refractivity contribution in [3.8, 4) is 0 Å². The van der Waals surface area contributed by atoms with E-state index in [0.29, 0.717) is 6.61 Å². The van der Waals surface area contributed by atoms with Gasteiger partial charge in [-0.25, -0.2) is 5.90 Å². The molecule has 1 aromatic carbocycles. The van der Waals surface area contributed by atoms with Gasteiger partial charge in [0.25, 0.3) is 0 Å². The van der Waals surface area contributed by atoms with Gasteiger partial charge in [-0.3, -0.25) is 9.97 Å². The Morgan fingerprint density at radius 2 is 1.93 bits per heavy atom. The first-order valence-corrected chi connectivity index (χ1v) is 4.41. The summed E-state index contributed by atoms with van der Waals surface area (Å²) in [5.41, 5.74) is 2.97. The Morgan fingerprint density at radius 3 is 2.71 bits per heavy atom. The van der Waals surface area contributed by atoms with Gasteiger partial charge in [-0.15, -0.1) is 0 Å². The lowest BCUT2D eigenvalue weighted by molar-refractivity contribution is 0.141. The molecule has 0 saturated carbocycles. The molecule has 0 saturated heterocycles. The third kappa shape index (κ3) is 1.86. The molecular weight excluding hydrogens is 178 g/mol. The van der Waals surface area contributed by atoms with E-state index >= 15 is 0 Å². The largest absolute Gasteiger partial charge is 0.304 e. The van der Waals surface area contributed by atoms with Gasteiger partial charge in [0.2, 0.25) is 0 Å². The van der Waals surface area contributed by atoms with Gasteiger partial charge in [0.1, 0.15) is 0 Å². The molecule has 2 aromatic rings. The zero-order chi connectivity index (χ0) is 9.80. The summed E-state index contributed by atoms with van der Waals surface area (Å²) in [5.74, 6) is 4.96. The van der Waals surface area contributed by atoms with Crippen molar-refractivity contribution < 1.29 is 4.84 Å². The van der Waals surface area contributed by atoms with Gasteiger partial charge >= 0.3 is 0 Å². The summed E-state index contributed by atoms with van der Waals surface area (Å²) < 4.78 is 0. The molecule has 1 aromatic heterocycles. The van der Waals surface area contributed by atoms with Crippen LogP contribution in [0.15, 0.2) is 30.6 Å². The molecule has 0 bridgehead atoms. The third-order valence-electron chi connectivity index (χ3n) is 2.04. The molecule has 2 rings (SSSR count). The van der Waals surface area contributed by atoms with Crippen LogP contribution < -0.4 is 5.90 Å². The molecule has 0 fully saturated rings. The van der Waals surface area contributed by atoms with Crippen LogP contribution in [0.1, 0.15) is 5.56 Å². The number of hydrogen-bond acceptors (Lipinski definition) is 4. The van der Waals surface area contributed by atoms with E-state index in [-0.39, 0.29) is 0 Å². The highest BCUT2D eigenvalue weighted by Crippen LogP contribution is 2.10. The molecule has 4 heteroatoms. The fourth-order valence-corrected chi connectivity index (χ4v) is 1.34. The van der Waals surface area contributed by atoms with Crippen molar-refractivity contribution >= 4 is 11.0 Å². The molecule has 0 aliphatic rings. The summed E-state index contributed by atoms with van der Waals surface area (Å²) in [7, 11) is 0. The molecule has 2 N–H and O–H groups in total. The highest BCUT2D eigenvalue weighted by molar-refractivity contribution is 5.74. The van der Waals surface area contributed by atoms with Gasteiger partial charge in [0, 0.05) is 12.4 Å². The van der Waals surface area contributed by atoms with E-state index in [9.17, 15) is 0 Å². The molecule has 0 aliphatic heterocycles. The van der Waals surface area contributed by atoms with Crippen molar-refractivity contribution in [1.29, 1.82) is 0 Å². The average Bonchev–Trinajstić information content (AvgIpc) is 2.26. The van der Waals surface area contributed by atoms with Crippen molar-refractivity contribution in [3.05, 3.63) is 36.2 Å². The Bertz CT molecular complexity index is 430. The summed E-state index contributed by atoms with van der Waals surface area (Å²) in [6, 6.07) is 5.96. The fourth-order valence-electron chi connectivity index (χ4n) is 1.34. The number of nitrogens with two attached hydrogens (primary N) is 1. The van der Waals surface area contributed by atoms with Crippen molar-refractivity contribution in [2.75, 3.05) is 6.61 Å². The Hall–Kier alpha value is -1.52. The highest BCUT2D eigenvalue weighted by atomic mass is 16.6. The van der Waals surface area contributed by atoms with Gasteiger partial charge < -0.3 is 4.84 Å². The SMILES string of the molecule is NOCCc1ccc2nccnc2c1. The monoisotopic (exact) mass is 189 g/mol. The second-order valence-electron chi connectivity index (χ2n) is 3.00. The first-order valence-electron chi connectivity index (χ1n) is 4.41. The highest BCUT2D eigenvalue weighted by Gasteiger charge is 1.97. The maximum absolute atomic E-state index is 4.96. The second kappa shape index (κ2) is 4.13. The number of aromatic nitrogens is 2. The summed E-state index contributed by atoms with van der Waals surface area (Å²) >= 11 is 0. The zero-order valence-corrected chi connectivity index (χ0v) is 7.68. The molecule has 0 aliphatic carbocycles. The maximum Gasteiger partial charge on any atom is 0.0889 e. The first-order chi connectivity index (χ1) is 6.90. The van der Waals surface area contributed by atoms with E-state index < -0.39 is 0 Å². The molecule has 4 nitrogen and oxygen atoms in total. The predicted molar refractivity (Wildman–Crippen MR) is 53.4 cm³/mol. The lowest BCUT2D eigenvalue weighted by atomic mass is 10.1. The van der Waals surface area contributed by atoms with E-state index in [0.717, 1.165) is 23.0 Å². The molecular formula is C10H11N3O. The molecule has 0 radical (unpaired) electrons. The fraction of sp³-hybridized carbons (Fsp3) is 0.200. The molecule has 0 amide bonds. The third-order valence-corrected chi connectivity index (χ3v) is 2.04. The normalized spacial score (nSPS) is 10.6. The smallest absolute Gasteiger partial charge is 0.0889 e. The Balaban J connectivity index is 2.32. The number of fused-ring (bicyclic) bond motifs is 1. The van der Waals surface area contributed by atoms with Gasteiger partial charge in [0.15, 0.2) is 0 Å². The molecule has 72 valence electrons. The van der Waals surface area contributed by atoms with E-state index in [1.54, 1.807) is 12.4 Å². The van der Waals surface area contributed by atoms with Gasteiger partial charge in [-0.05, 0) is 24.1 Å². The Kier molecular flexibility index (Phi) is 2.67. The summed E-state index contributed by atoms with van der Waals surface area (Å²) in [4.78, 5) is 12.9. The minimum Gasteiger partial charge on any atom is -0.304 e. The summed E-state index contributed by atoms with van der Waals surface area (Å²) in [6.07, 6.45) is 4.17. The number of nitrogens with zero attached hydrogens (tertiary/aromatic N) is 2. The Morgan fingerprint density at radius 1 is 1.14 bits per heavy atom. The molecule has 14 heavy (non-hydrogen) atoms. The number of hydrogen-bond donors (Lipinski definition) is 1. The average molecular weight is 189 g/mol. The predicted octanol–water partition coefficient (Wildman–Crippen LogP) is 1.06. The molecule has 1 heterocycles. The van der Waals surface area contributed by atoms with Crippen molar-refractivity contribution in [3.63, 3.8) is 0 Å². The quantitative estimate of drug-likeness (QED) is 0.733. The van der Waals surface area contributed by atoms with Crippen molar-refractivity contribution in [2.24, 2.45) is 5.90 Å². The summed E-state index contributed by atoms with van der Waals surface area (Å²) in [5, 5.41) is 0. The lowest BCUT2D eigenvalue weighted by Crippen LogP contribution is -2.03. The zero-order valence-electron chi connectivity index (χ0n) is 7.68. The minimum atomic E-state index is 0.520. The van der Waals surface area contributed by atoms with Crippen LogP contribution in [0.4, 0.5) is 0 Å². The second-order valence-corrected chi connectivity index (χ2v) is 3.00. The summed E-state index contributed by atoms with van der Waals surface area (Å²) in [6.45, 7) is 0.520. The topological polar surface area (TPSA) is 61.0 Å². The maximum atomic E-state index is 4.96. The molecule has 0 spiro atoms. The van der Waals surface area contributed by atoms with Crippen LogP contribution in [0.5, 0.6) is 0 Å². The van der Waals surface area contributed by atoms with Crippen LogP contribution in [-0.4, -0.2) is 16.6 Å². The van der Waals surface area contributed by atoms with Crippen molar-refractivity contribution in [1.82, 2.24) is 9.97 Å². The van der Waals surface area contributed by atoms with E-state index in [1.807, 2.05) is 18.2 Å². The van der Waals surface area contributed by atoms with Gasteiger partial charge in [-0.2, -0.15) is 0 Å². The van der Waals surface area contributed by atoms with E-state index in [1.165, 1.54) is 0 Å². The lowest BCUT2D eigenvalue weighted by Gasteiger charge is -2.01. The van der Waals surface area contributed by atoms with Crippen LogP contribution in [0.3, 0.4) is 0 Å². The minimum absolute atomic E-state index is 0.520. The standard InChI is InChI=1S/C10H11N3O/c11-14-6-3-8-1-2-9-10(7-8)13-5-4-12-9/h1-2,4-5,7H,3,6,11H2. The number of benzene rings is 1. The van der Waals surface area contributed by atoms with E-state index in [2.05, 4.69) is 14.8 Å². The molecule has 0 unspecified atom stereocenters. The van der Waals surface area contributed by atoms with Crippen LogP contribution in [0, 0.1) is 0 Å². The van der Waals surface area contributed by atoms with Gasteiger partial charge in [0.05, 0.1) is 17.6 Å². The Labute approximate surface area is 81.7 Å². The first kappa shape index (κ1) is 9.05. The molecule has 0 atom stereocenters. The van der Waals surface area contributed by atoms with E-state index in [4.69, 9.17) is 5.90 Å². The number of rotatable bonds is 3. The van der Waals surface area contributed by atoms with Crippen LogP contribution in [0.2, 0.25) is 0 Å². The van der Waals surface area contributed by atoms with Gasteiger partial charge in [-0.1, -0.05) is 6.07 Å². The van der Waals surface area contributed by atoms with Crippen LogP contribution in [-0.2, 0) is 11.3 Å². The van der Waals surface area contributed by atoms with Crippen LogP contribution in [0.25, 0.3) is 11.0 Å². The van der Waals surface area contributed by atoms with Crippen molar-refractivity contribution in [2.45, 2.75) is 6.42 Å².